The molecule has 0 saturated carbocycles. The predicted molar refractivity (Wildman–Crippen MR) is 449 cm³/mol. The molecule has 2 aliphatic rings. The normalized spacial score (nSPS) is 18.4. The summed E-state index contributed by atoms with van der Waals surface area (Å²) in [4.78, 5) is 79.5. The number of rotatable bonds is 41. The number of carbonyl (C=O) groups is 2. The van der Waals surface area contributed by atoms with Crippen molar-refractivity contribution in [1.82, 2.24) is 15.7 Å². The molecule has 22 N–H and O–H groups in total. The van der Waals surface area contributed by atoms with Gasteiger partial charge in [-0.2, -0.15) is 4.99 Å². The Hall–Kier alpha value is -12.3. The Morgan fingerprint density at radius 1 is 0.578 bits per heavy atom. The van der Waals surface area contributed by atoms with Crippen molar-refractivity contribution in [2.45, 2.75) is 185 Å². The minimum Gasteiger partial charge on any atom is -0.497 e. The van der Waals surface area contributed by atoms with Crippen LogP contribution in [0, 0.1) is 16.7 Å². The number of aliphatic hydroxyl groups excluding tert-OH is 15. The highest BCUT2D eigenvalue weighted by molar-refractivity contribution is 6.30. The fraction of sp³-hybridized carbons (Fsp3) is 0.436. The highest BCUT2D eigenvalue weighted by atomic mass is 35.5. The first-order valence-electron chi connectivity index (χ1n) is 37.4. The molecule has 2 amide bonds. The van der Waals surface area contributed by atoms with Gasteiger partial charge in [-0.15, -0.1) is 0 Å². The first kappa shape index (κ1) is 90.8. The molecule has 11 atom stereocenters. The molecule has 0 spiro atoms. The number of hydroxylamine groups is 1. The number of unbranched alkanes of at least 4 members (excludes halogenated alkanes) is 1. The number of aliphatic hydroxyl groups is 15. The molecule has 2 heterocycles. The maximum atomic E-state index is 14.7. The summed E-state index contributed by atoms with van der Waals surface area (Å²) < 4.78 is 0. The van der Waals surface area contributed by atoms with Gasteiger partial charge in [0.1, 0.15) is 60.4 Å². The van der Waals surface area contributed by atoms with E-state index in [1.54, 1.807) is 44.2 Å². The van der Waals surface area contributed by atoms with Crippen LogP contribution in [-0.4, -0.2) is 280 Å². The monoisotopic (exact) mass is 1630 g/mol. The van der Waals surface area contributed by atoms with Crippen LogP contribution in [0.25, 0.3) is 10.8 Å². The molecule has 116 heavy (non-hydrogen) atoms. The Balaban J connectivity index is 1.34. The number of aliphatic imine (C=N–C) groups is 12. The maximum absolute atomic E-state index is 14.7. The van der Waals surface area contributed by atoms with E-state index in [0.29, 0.717) is 47.5 Å². The lowest BCUT2D eigenvalue weighted by molar-refractivity contribution is -0.132. The first-order chi connectivity index (χ1) is 55.1. The second-order valence-corrected chi connectivity index (χ2v) is 28.7. The van der Waals surface area contributed by atoms with Crippen LogP contribution in [0.5, 0.6) is 0 Å². The van der Waals surface area contributed by atoms with Crippen LogP contribution in [0.3, 0.4) is 0 Å². The molecule has 7 rings (SSSR count). The zero-order valence-corrected chi connectivity index (χ0v) is 65.5. The molecule has 0 aliphatic carbocycles. The van der Waals surface area contributed by atoms with Crippen molar-refractivity contribution in [2.24, 2.45) is 65.8 Å². The SMILES string of the molecule is CC(O)=NC(Cc1ccc2ccccc2c1)C(O)=NC(Cc1ccc(Cl)cc1)C(O)=NC(CN=C(O)NO)C(O)=NC(CO)C(O)=NC(Cc1ccc(NC(=O)C2CC(O)=NC(O)=N2)cc1)C(O)=NC(Cc1ccc(NC(=N)O)cc1)C(O)=NC(CC(C)C)C(O)=NC(CCCCNC(C)C)C(=O)N1CCCC1C(O)=NC(C)C(=N)O. The Bertz CT molecular complexity index is 4570. The zero-order valence-electron chi connectivity index (χ0n) is 64.7. The Morgan fingerprint density at radius 2 is 1.06 bits per heavy atom. The number of anilines is 2. The lowest BCUT2D eigenvalue weighted by atomic mass is 10.0. The third-order valence-electron chi connectivity index (χ3n) is 18.2. The molecule has 5 aromatic carbocycles. The van der Waals surface area contributed by atoms with E-state index >= 15 is 0 Å². The molecule has 37 nitrogen and oxygen atoms in total. The number of nitrogens with zero attached hydrogens (tertiary/aromatic N) is 13. The Labute approximate surface area is 673 Å². The smallest absolute Gasteiger partial charge is 0.312 e. The number of halogens is 1. The van der Waals surface area contributed by atoms with E-state index in [4.69, 9.17) is 22.4 Å². The highest BCUT2D eigenvalue weighted by Crippen LogP contribution is 2.26. The van der Waals surface area contributed by atoms with Crippen molar-refractivity contribution in [3.05, 3.63) is 143 Å². The molecule has 0 radical (unpaired) electrons. The van der Waals surface area contributed by atoms with E-state index in [-0.39, 0.29) is 80.4 Å². The quantitative estimate of drug-likeness (QED) is 0.00748. The third-order valence-corrected chi connectivity index (χ3v) is 18.4. The standard InChI is InChI=1S/C78H102ClN19O18/c1-41(2)32-55(67(104)88-54(14-9-10-30-82-42(3)4)75(112)98-31-11-15-63(98)74(111)84-43(5)65(80)102)89-69(106)57(35-47-21-28-53(29-22-47)87-76(81)113)91-70(107)58(36-46-19-26-52(27-20-46)86-66(103)60-38-64(101)96-78(115)95-60)92-73(110)62(40-99)94-72(109)61(39-83-77(114)97-116)93-71(108)59(34-45-17-24-51(79)25-18-45)90-68(105)56(85-44(6)100)37-48-16-23-49-12-7-8-13-50(49)33-48/h7-8,12-13,16-29,33,41-43,54-63,82,99,116H,9-11,14-15,30-32,34-40H2,1-6H3,(H2,80,102)(H,84,111)(H,85,100)(H,86,103)(H,88,104)(H,89,106)(H,90,105)(H,91,107)(H,92,110)(H,93,108)(H,94,109)(H3,81,87,113)(H2,83,97,114)(H2,95,96,101,115). The molecule has 624 valence electrons. The van der Waals surface area contributed by atoms with Gasteiger partial charge in [-0.25, -0.2) is 60.4 Å². The van der Waals surface area contributed by atoms with Crippen LogP contribution in [-0.2, 0) is 35.3 Å². The van der Waals surface area contributed by atoms with Crippen molar-refractivity contribution in [1.29, 1.82) is 10.8 Å². The van der Waals surface area contributed by atoms with E-state index in [1.165, 1.54) is 72.8 Å². The molecule has 1 fully saturated rings. The van der Waals surface area contributed by atoms with E-state index in [2.05, 4.69) is 75.9 Å². The highest BCUT2D eigenvalue weighted by Gasteiger charge is 2.38. The van der Waals surface area contributed by atoms with Gasteiger partial charge in [0.15, 0.2) is 17.8 Å². The number of nitrogens with one attached hydrogen (secondary N) is 6. The molecule has 2 aliphatic heterocycles. The number of hydrogen-bond donors (Lipinski definition) is 22. The molecule has 0 aromatic heterocycles. The number of amides is 2. The van der Waals surface area contributed by atoms with Gasteiger partial charge in [0, 0.05) is 61.6 Å². The van der Waals surface area contributed by atoms with Crippen LogP contribution < -0.4 is 21.4 Å². The van der Waals surface area contributed by atoms with Crippen LogP contribution in [0.2, 0.25) is 5.02 Å². The van der Waals surface area contributed by atoms with Crippen LogP contribution in [0.15, 0.2) is 175 Å². The van der Waals surface area contributed by atoms with Crippen LogP contribution >= 0.6 is 11.6 Å². The lowest BCUT2D eigenvalue weighted by Gasteiger charge is -2.27. The van der Waals surface area contributed by atoms with Crippen molar-refractivity contribution < 1.29 is 91.4 Å². The van der Waals surface area contributed by atoms with E-state index in [9.17, 15) is 91.4 Å². The van der Waals surface area contributed by atoms with Crippen molar-refractivity contribution in [3.8, 4) is 0 Å². The fourth-order valence-electron chi connectivity index (χ4n) is 12.3. The third kappa shape index (κ3) is 28.9. The predicted octanol–water partition coefficient (Wildman–Crippen LogP) is 9.84. The summed E-state index contributed by atoms with van der Waals surface area (Å²) in [7, 11) is 0. The van der Waals surface area contributed by atoms with E-state index in [1.807, 2.05) is 50.2 Å². The molecule has 0 bridgehead atoms. The summed E-state index contributed by atoms with van der Waals surface area (Å²) in [6.45, 7) is 8.88. The largest absolute Gasteiger partial charge is 0.497 e. The summed E-state index contributed by atoms with van der Waals surface area (Å²) >= 11 is 6.23. The summed E-state index contributed by atoms with van der Waals surface area (Å²) in [6.07, 6.45) is 0.443. The first-order valence-corrected chi connectivity index (χ1v) is 37.7. The minimum absolute atomic E-state index is 0.0100. The van der Waals surface area contributed by atoms with E-state index < -0.39 is 181 Å². The minimum atomic E-state index is -2.02. The zero-order chi connectivity index (χ0) is 84.9. The Kier molecular flexibility index (Phi) is 34.7. The summed E-state index contributed by atoms with van der Waals surface area (Å²) in [5, 5.41) is 203. The molecule has 5 aromatic rings. The molecule has 38 heteroatoms. The number of amidine groups is 3. The van der Waals surface area contributed by atoms with Crippen LogP contribution in [0.4, 0.5) is 11.4 Å². The second kappa shape index (κ2) is 44.3. The lowest BCUT2D eigenvalue weighted by Crippen LogP contribution is -2.46. The van der Waals surface area contributed by atoms with Gasteiger partial charge >= 0.3 is 12.0 Å². The Morgan fingerprint density at radius 3 is 1.59 bits per heavy atom. The topological polar surface area (TPSA) is 605 Å². The van der Waals surface area contributed by atoms with Gasteiger partial charge in [0.2, 0.25) is 64.9 Å². The van der Waals surface area contributed by atoms with Gasteiger partial charge in [0.25, 0.3) is 6.02 Å². The van der Waals surface area contributed by atoms with Gasteiger partial charge in [-0.05, 0) is 127 Å². The molecular weight excluding hydrogens is 1530 g/mol. The van der Waals surface area contributed by atoms with Gasteiger partial charge in [0.05, 0.1) is 19.6 Å². The average Bonchev–Trinajstić information content (AvgIpc) is 1.44. The molecule has 11 unspecified atom stereocenters. The number of fused-ring (bicyclic) bond motifs is 1. The average molecular weight is 1630 g/mol. The molecule has 1 saturated heterocycles. The van der Waals surface area contributed by atoms with Gasteiger partial charge in [-0.3, -0.25) is 25.6 Å². The number of benzene rings is 5. The summed E-state index contributed by atoms with van der Waals surface area (Å²) in [5.41, 5.74) is 3.65. The van der Waals surface area contributed by atoms with Gasteiger partial charge in [-0.1, -0.05) is 118 Å². The second-order valence-electron chi connectivity index (χ2n) is 28.3. The van der Waals surface area contributed by atoms with Crippen molar-refractivity contribution >= 4 is 129 Å². The summed E-state index contributed by atoms with van der Waals surface area (Å²) in [5.74, 6) is -10.3. The van der Waals surface area contributed by atoms with Gasteiger partial charge < -0.3 is 97.4 Å². The molecular formula is C78H102ClN19O18. The van der Waals surface area contributed by atoms with Crippen molar-refractivity contribution in [3.63, 3.8) is 0 Å². The number of hydrogen-bond acceptors (Lipinski definition) is 19. The summed E-state index contributed by atoms with van der Waals surface area (Å²) in [6, 6.07) is 12.1. The maximum Gasteiger partial charge on any atom is 0.312 e. The van der Waals surface area contributed by atoms with Crippen molar-refractivity contribution in [2.75, 3.05) is 36.9 Å². The number of likely N-dealkylation sites (tertiary alicyclic amines) is 1. The number of carbonyl (C=O) groups excluding carboxylic acids is 2. The van der Waals surface area contributed by atoms with E-state index in [0.717, 1.165) is 10.8 Å². The fourth-order valence-corrected chi connectivity index (χ4v) is 12.4. The van der Waals surface area contributed by atoms with Crippen LogP contribution in [0.1, 0.15) is 109 Å².